The third-order valence-corrected chi connectivity index (χ3v) is 6.82. The Morgan fingerprint density at radius 1 is 1.11 bits per heavy atom. The second kappa shape index (κ2) is 10.3. The number of fused-ring (bicyclic) bond motifs is 1. The number of benzene rings is 1. The first-order valence-corrected chi connectivity index (χ1v) is 11.4. The van der Waals surface area contributed by atoms with Gasteiger partial charge in [0.2, 0.25) is 0 Å². The van der Waals surface area contributed by atoms with Crippen LogP contribution in [0.15, 0.2) is 61.2 Å². The van der Waals surface area contributed by atoms with E-state index in [-0.39, 0.29) is 36.7 Å². The van der Waals surface area contributed by atoms with E-state index in [0.717, 1.165) is 43.6 Å². The van der Waals surface area contributed by atoms with E-state index in [1.54, 1.807) is 40.0 Å². The third-order valence-electron chi connectivity index (χ3n) is 6.82. The minimum atomic E-state index is -0.447. The van der Waals surface area contributed by atoms with Crippen LogP contribution in [0.3, 0.4) is 0 Å². The van der Waals surface area contributed by atoms with Crippen molar-refractivity contribution in [2.24, 2.45) is 5.92 Å². The Bertz CT molecular complexity index is 1350. The first-order chi connectivity index (χ1) is 16.6. The zero-order valence-corrected chi connectivity index (χ0v) is 20.9. The van der Waals surface area contributed by atoms with Crippen molar-refractivity contribution in [1.82, 2.24) is 24.4 Å². The van der Waals surface area contributed by atoms with Gasteiger partial charge in [0.1, 0.15) is 29.3 Å². The zero-order valence-electron chi connectivity index (χ0n) is 19.3. The maximum absolute atomic E-state index is 14.0. The number of hydrogen-bond donors (Lipinski definition) is 1. The molecule has 190 valence electrons. The van der Waals surface area contributed by atoms with Crippen molar-refractivity contribution in [2.45, 2.75) is 31.3 Å². The molecule has 1 amide bonds. The molecule has 4 heterocycles. The number of para-hydroxylation sites is 1. The molecule has 9 nitrogen and oxygen atoms in total. The highest BCUT2D eigenvalue weighted by atomic mass is 35.5. The lowest BCUT2D eigenvalue weighted by Gasteiger charge is -2.35. The van der Waals surface area contributed by atoms with E-state index in [9.17, 15) is 9.18 Å². The minimum absolute atomic E-state index is 0. The number of aromatic nitrogens is 5. The zero-order chi connectivity index (χ0) is 23.1. The normalized spacial score (nSPS) is 21.2. The molecule has 4 aromatic rings. The highest BCUT2D eigenvalue weighted by Crippen LogP contribution is 2.40. The molecule has 0 unspecified atom stereocenters. The van der Waals surface area contributed by atoms with Gasteiger partial charge in [-0.1, -0.05) is 12.1 Å². The lowest BCUT2D eigenvalue weighted by atomic mass is 9.78. The number of nitrogens with one attached hydrogen (secondary N) is 1. The number of amides is 1. The Morgan fingerprint density at radius 3 is 2.72 bits per heavy atom. The second-order valence-electron chi connectivity index (χ2n) is 9.01. The summed E-state index contributed by atoms with van der Waals surface area (Å²) >= 11 is 0. The minimum Gasteiger partial charge on any atom is -0.441 e. The fraction of sp³-hybridized carbons (Fsp3) is 0.333. The van der Waals surface area contributed by atoms with Crippen LogP contribution >= 0.6 is 24.8 Å². The van der Waals surface area contributed by atoms with E-state index in [1.165, 1.54) is 17.1 Å². The van der Waals surface area contributed by atoms with E-state index < -0.39 is 5.60 Å². The highest BCUT2D eigenvalue weighted by molar-refractivity contribution is 5.90. The molecular weight excluding hydrogens is 508 g/mol. The Labute approximate surface area is 219 Å². The maximum Gasteiger partial charge on any atom is 0.415 e. The van der Waals surface area contributed by atoms with E-state index >= 15 is 0 Å². The fourth-order valence-corrected chi connectivity index (χ4v) is 4.89. The Morgan fingerprint density at radius 2 is 1.92 bits per heavy atom. The smallest absolute Gasteiger partial charge is 0.415 e. The Hall–Kier alpha value is -3.37. The van der Waals surface area contributed by atoms with Gasteiger partial charge in [-0.3, -0.25) is 4.90 Å². The van der Waals surface area contributed by atoms with Crippen LogP contribution in [0.2, 0.25) is 0 Å². The van der Waals surface area contributed by atoms with Crippen LogP contribution in [0.1, 0.15) is 25.7 Å². The van der Waals surface area contributed by atoms with Gasteiger partial charge in [-0.2, -0.15) is 10.2 Å². The van der Waals surface area contributed by atoms with Crippen LogP contribution in [-0.4, -0.2) is 49.2 Å². The number of hydrogen-bond acceptors (Lipinski definition) is 6. The number of halogens is 3. The summed E-state index contributed by atoms with van der Waals surface area (Å²) in [6, 6.07) is 12.1. The molecular formula is C24H26Cl2FN7O2. The standard InChI is InChI=1S/C24H24FN7O2.2ClH/c25-19-3-1-2-4-20(19)31-12-9-21(29-31)26-13-17-7-10-24(11-8-17)15-30(23(33)34-24)18-5-6-22-27-16-28-32(22)14-18;;/h1-6,9,12,14,16-17H,7-8,10-11,13,15H2,(H,26,29);2*1H. The maximum atomic E-state index is 14.0. The van der Waals surface area contributed by atoms with E-state index in [4.69, 9.17) is 4.74 Å². The number of carbonyl (C=O) groups is 1. The molecule has 0 bridgehead atoms. The van der Waals surface area contributed by atoms with Gasteiger partial charge in [-0.25, -0.2) is 23.4 Å². The molecule has 2 fully saturated rings. The molecule has 36 heavy (non-hydrogen) atoms. The van der Waals surface area contributed by atoms with Crippen molar-refractivity contribution in [1.29, 1.82) is 0 Å². The Balaban J connectivity index is 0.00000152. The van der Waals surface area contributed by atoms with Gasteiger partial charge in [-0.05, 0) is 55.9 Å². The van der Waals surface area contributed by atoms with Crippen LogP contribution in [0.4, 0.5) is 20.7 Å². The molecule has 0 radical (unpaired) electrons. The van der Waals surface area contributed by atoms with Gasteiger partial charge in [0.25, 0.3) is 0 Å². The molecule has 1 saturated heterocycles. The summed E-state index contributed by atoms with van der Waals surface area (Å²) < 4.78 is 23.1. The van der Waals surface area contributed by atoms with Crippen molar-refractivity contribution < 1.29 is 13.9 Å². The lowest BCUT2D eigenvalue weighted by molar-refractivity contribution is 0.0148. The largest absolute Gasteiger partial charge is 0.441 e. The molecule has 1 aliphatic carbocycles. The van der Waals surface area contributed by atoms with E-state index in [0.29, 0.717) is 24.0 Å². The summed E-state index contributed by atoms with van der Waals surface area (Å²) in [5, 5.41) is 12.0. The summed E-state index contributed by atoms with van der Waals surface area (Å²) in [7, 11) is 0. The summed E-state index contributed by atoms with van der Waals surface area (Å²) in [5.41, 5.74) is 1.47. The average molecular weight is 534 g/mol. The van der Waals surface area contributed by atoms with E-state index in [1.807, 2.05) is 18.2 Å². The number of anilines is 2. The SMILES string of the molecule is Cl.Cl.O=C1OC2(CCC(CNc3ccn(-c4ccccc4F)n3)CC2)CN1c1ccc2ncnn2c1. The first kappa shape index (κ1) is 25.7. The number of nitrogens with zero attached hydrogens (tertiary/aromatic N) is 6. The summed E-state index contributed by atoms with van der Waals surface area (Å²) in [6.45, 7) is 1.31. The van der Waals surface area contributed by atoms with Crippen molar-refractivity contribution in [3.8, 4) is 5.69 Å². The molecule has 6 rings (SSSR count). The molecule has 2 aliphatic rings. The molecule has 0 atom stereocenters. The van der Waals surface area contributed by atoms with Gasteiger partial charge in [0.15, 0.2) is 5.65 Å². The van der Waals surface area contributed by atoms with Crippen LogP contribution in [0, 0.1) is 11.7 Å². The van der Waals surface area contributed by atoms with E-state index in [2.05, 4.69) is 20.5 Å². The second-order valence-corrected chi connectivity index (χ2v) is 9.01. The highest BCUT2D eigenvalue weighted by Gasteiger charge is 2.47. The van der Waals surface area contributed by atoms with Crippen molar-refractivity contribution in [3.05, 3.63) is 67.0 Å². The van der Waals surface area contributed by atoms with Crippen LogP contribution in [0.25, 0.3) is 11.3 Å². The van der Waals surface area contributed by atoms with Crippen molar-refractivity contribution in [2.75, 3.05) is 23.3 Å². The molecule has 3 aromatic heterocycles. The topological polar surface area (TPSA) is 89.6 Å². The van der Waals surface area contributed by atoms with Crippen molar-refractivity contribution in [3.63, 3.8) is 0 Å². The van der Waals surface area contributed by atoms with Gasteiger partial charge in [0, 0.05) is 18.8 Å². The third kappa shape index (κ3) is 4.83. The number of rotatable bonds is 5. The predicted molar refractivity (Wildman–Crippen MR) is 138 cm³/mol. The summed E-state index contributed by atoms with van der Waals surface area (Å²) in [4.78, 5) is 18.5. The van der Waals surface area contributed by atoms with Gasteiger partial charge >= 0.3 is 6.09 Å². The van der Waals surface area contributed by atoms with Crippen LogP contribution < -0.4 is 10.2 Å². The van der Waals surface area contributed by atoms with Crippen LogP contribution in [0.5, 0.6) is 0 Å². The van der Waals surface area contributed by atoms with Crippen LogP contribution in [-0.2, 0) is 4.74 Å². The number of pyridine rings is 1. The molecule has 1 saturated carbocycles. The average Bonchev–Trinajstić information content (AvgIpc) is 3.58. The Kier molecular flexibility index (Phi) is 7.37. The molecule has 1 spiro atoms. The molecule has 12 heteroatoms. The van der Waals surface area contributed by atoms with Gasteiger partial charge in [-0.15, -0.1) is 24.8 Å². The fourth-order valence-electron chi connectivity index (χ4n) is 4.89. The van der Waals surface area contributed by atoms with Crippen molar-refractivity contribution >= 4 is 48.1 Å². The summed E-state index contributed by atoms with van der Waals surface area (Å²) in [5.74, 6) is 0.852. The lowest BCUT2D eigenvalue weighted by Crippen LogP contribution is -2.39. The first-order valence-electron chi connectivity index (χ1n) is 11.4. The predicted octanol–water partition coefficient (Wildman–Crippen LogP) is 4.90. The monoisotopic (exact) mass is 533 g/mol. The number of carbonyl (C=O) groups excluding carboxylic acids is 1. The number of ether oxygens (including phenoxy) is 1. The quantitative estimate of drug-likeness (QED) is 0.392. The molecule has 1 aromatic carbocycles. The van der Waals surface area contributed by atoms with Gasteiger partial charge < -0.3 is 10.1 Å². The summed E-state index contributed by atoms with van der Waals surface area (Å²) in [6.07, 6.45) is 8.26. The molecule has 1 aliphatic heterocycles. The molecule has 1 N–H and O–H groups in total. The van der Waals surface area contributed by atoms with Gasteiger partial charge in [0.05, 0.1) is 18.4 Å².